The summed E-state index contributed by atoms with van der Waals surface area (Å²) in [6.45, 7) is 1.92. The highest BCUT2D eigenvalue weighted by Gasteiger charge is 2.53. The van der Waals surface area contributed by atoms with E-state index in [9.17, 15) is 24.6 Å². The van der Waals surface area contributed by atoms with Crippen LogP contribution in [-0.4, -0.2) is 32.9 Å². The molecule has 8 heteroatoms. The maximum atomic E-state index is 12.1. The van der Waals surface area contributed by atoms with Crippen LogP contribution in [0, 0.1) is 12.3 Å². The molecule has 24 heavy (non-hydrogen) atoms. The van der Waals surface area contributed by atoms with Crippen molar-refractivity contribution < 1.29 is 19.8 Å². The molecule has 0 saturated heterocycles. The third-order valence-corrected chi connectivity index (χ3v) is 6.58. The molecule has 0 unspecified atom stereocenters. The van der Waals surface area contributed by atoms with Crippen LogP contribution in [0.3, 0.4) is 0 Å². The van der Waals surface area contributed by atoms with Gasteiger partial charge in [0.15, 0.2) is 0 Å². The van der Waals surface area contributed by atoms with Crippen molar-refractivity contribution in [1.29, 1.82) is 0 Å². The van der Waals surface area contributed by atoms with Gasteiger partial charge in [-0.1, -0.05) is 41.2 Å². The number of thiazole rings is 1. The lowest BCUT2D eigenvalue weighted by Crippen LogP contribution is -2.43. The molecule has 0 aliphatic carbocycles. The smallest absolute Gasteiger partial charge is 0.312 e. The lowest BCUT2D eigenvalue weighted by atomic mass is 9.70. The molecule has 0 fully saturated rings. The first kappa shape index (κ1) is 16.8. The summed E-state index contributed by atoms with van der Waals surface area (Å²) < 4.78 is 0. The fraction of sp³-hybridized carbons (Fsp3) is 0.312. The fourth-order valence-electron chi connectivity index (χ4n) is 3.07. The van der Waals surface area contributed by atoms with Crippen molar-refractivity contribution in [3.63, 3.8) is 0 Å². The summed E-state index contributed by atoms with van der Waals surface area (Å²) in [5.74, 6) is -2.91. The van der Waals surface area contributed by atoms with Gasteiger partial charge in [-0.15, -0.1) is 11.8 Å². The Kier molecular flexibility index (Phi) is 4.27. The number of aryl methyl sites for hydroxylation is 1. The van der Waals surface area contributed by atoms with Gasteiger partial charge in [-0.2, -0.15) is 0 Å². The number of carboxylic acid groups (broad SMARTS) is 2. The van der Waals surface area contributed by atoms with Crippen LogP contribution in [0.2, 0.25) is 0 Å². The van der Waals surface area contributed by atoms with E-state index in [1.54, 1.807) is 0 Å². The summed E-state index contributed by atoms with van der Waals surface area (Å²) in [5, 5.41) is 19.8. The maximum absolute atomic E-state index is 12.1. The third-order valence-electron chi connectivity index (χ3n) is 4.23. The minimum atomic E-state index is -1.50. The number of aromatic amines is 1. The zero-order valence-corrected chi connectivity index (χ0v) is 14.4. The number of H-pyrrole nitrogens is 1. The van der Waals surface area contributed by atoms with Crippen LogP contribution in [0.25, 0.3) is 0 Å². The summed E-state index contributed by atoms with van der Waals surface area (Å²) in [6.07, 6.45) is -0.501. The Labute approximate surface area is 145 Å². The number of rotatable bonds is 4. The van der Waals surface area contributed by atoms with Crippen LogP contribution >= 0.6 is 23.1 Å². The van der Waals surface area contributed by atoms with Gasteiger partial charge in [0, 0.05) is 16.5 Å². The van der Waals surface area contributed by atoms with Crippen LogP contribution in [0.5, 0.6) is 0 Å². The second-order valence-corrected chi connectivity index (χ2v) is 7.87. The fourth-order valence-corrected chi connectivity index (χ4v) is 5.63. The predicted molar refractivity (Wildman–Crippen MR) is 91.0 cm³/mol. The summed E-state index contributed by atoms with van der Waals surface area (Å²) in [4.78, 5) is 38.3. The number of nitrogens with one attached hydrogen (secondary N) is 1. The van der Waals surface area contributed by atoms with Gasteiger partial charge in [0.05, 0.1) is 16.9 Å². The van der Waals surface area contributed by atoms with E-state index >= 15 is 0 Å². The first-order valence-corrected chi connectivity index (χ1v) is 9.01. The van der Waals surface area contributed by atoms with Gasteiger partial charge in [0.2, 0.25) is 0 Å². The summed E-state index contributed by atoms with van der Waals surface area (Å²) >= 11 is 2.15. The number of hydrogen-bond acceptors (Lipinski definition) is 5. The minimum absolute atomic E-state index is 0.0901. The van der Waals surface area contributed by atoms with Gasteiger partial charge in [-0.3, -0.25) is 14.4 Å². The normalized spacial score (nSPS) is 22.8. The number of thioether (sulfide) groups is 1. The van der Waals surface area contributed by atoms with Crippen LogP contribution in [-0.2, 0) is 9.59 Å². The molecule has 0 amide bonds. The van der Waals surface area contributed by atoms with Crippen LogP contribution in [0.4, 0.5) is 0 Å². The van der Waals surface area contributed by atoms with E-state index in [0.29, 0.717) is 15.5 Å². The van der Waals surface area contributed by atoms with Crippen molar-refractivity contribution in [1.82, 2.24) is 4.98 Å². The van der Waals surface area contributed by atoms with E-state index in [-0.39, 0.29) is 10.6 Å². The molecule has 2 heterocycles. The second-order valence-electron chi connectivity index (χ2n) is 5.87. The molecule has 3 rings (SSSR count). The van der Waals surface area contributed by atoms with Gasteiger partial charge in [0.25, 0.3) is 0 Å². The van der Waals surface area contributed by atoms with Crippen molar-refractivity contribution in [2.75, 3.05) is 5.75 Å². The van der Waals surface area contributed by atoms with Gasteiger partial charge in [-0.05, 0) is 12.5 Å². The van der Waals surface area contributed by atoms with Crippen molar-refractivity contribution in [2.45, 2.75) is 24.3 Å². The first-order chi connectivity index (χ1) is 11.3. The summed E-state index contributed by atoms with van der Waals surface area (Å²) in [6, 6.07) is 7.34. The summed E-state index contributed by atoms with van der Waals surface area (Å²) in [5.41, 5.74) is 0.232. The predicted octanol–water partition coefficient (Wildman–Crippen LogP) is 2.53. The highest BCUT2D eigenvalue weighted by atomic mass is 32.2. The lowest BCUT2D eigenvalue weighted by Gasteiger charge is -2.39. The Morgan fingerprint density at radius 3 is 2.54 bits per heavy atom. The van der Waals surface area contributed by atoms with Crippen molar-refractivity contribution in [3.8, 4) is 0 Å². The number of benzene rings is 1. The molecule has 1 aromatic carbocycles. The van der Waals surface area contributed by atoms with E-state index in [0.717, 1.165) is 16.9 Å². The van der Waals surface area contributed by atoms with Gasteiger partial charge in [-0.25, -0.2) is 0 Å². The lowest BCUT2D eigenvalue weighted by molar-refractivity contribution is -0.155. The number of carboxylic acids is 2. The van der Waals surface area contributed by atoms with Gasteiger partial charge >= 0.3 is 16.8 Å². The quantitative estimate of drug-likeness (QED) is 0.768. The number of fused-ring (bicyclic) bond motifs is 1. The standard InChI is InChI=1S/C16H15NO5S2/c1-8-2-4-9(5-3-8)11-12-13(17-15(22)24-12)23-7-16(11,14(20)21)6-10(18)19/h2-5,11H,6-7H2,1H3,(H,17,22)(H,18,19)(H,20,21)/t11-,16+/m0/s1. The largest absolute Gasteiger partial charge is 0.481 e. The monoisotopic (exact) mass is 365 g/mol. The zero-order valence-electron chi connectivity index (χ0n) is 12.7. The van der Waals surface area contributed by atoms with E-state index in [1.165, 1.54) is 11.8 Å². The average molecular weight is 365 g/mol. The average Bonchev–Trinajstić information content (AvgIpc) is 2.87. The SMILES string of the molecule is Cc1ccc([C@H]2c3sc(=O)[nH]c3SC[C@@]2(CC(=O)O)C(=O)O)cc1. The molecular formula is C16H15NO5S2. The number of carbonyl (C=O) groups is 2. The minimum Gasteiger partial charge on any atom is -0.481 e. The molecule has 126 valence electrons. The zero-order chi connectivity index (χ0) is 17.5. The Morgan fingerprint density at radius 2 is 1.96 bits per heavy atom. The molecule has 3 N–H and O–H groups in total. The molecule has 6 nitrogen and oxygen atoms in total. The summed E-state index contributed by atoms with van der Waals surface area (Å²) in [7, 11) is 0. The molecule has 0 bridgehead atoms. The molecule has 1 aliphatic rings. The van der Waals surface area contributed by atoms with E-state index < -0.39 is 29.7 Å². The molecule has 2 aromatic rings. The van der Waals surface area contributed by atoms with E-state index in [4.69, 9.17) is 0 Å². The highest BCUT2D eigenvalue weighted by Crippen LogP contribution is 2.53. The Hall–Kier alpha value is -2.06. The Bertz CT molecular complexity index is 854. The van der Waals surface area contributed by atoms with Crippen LogP contribution in [0.1, 0.15) is 28.3 Å². The van der Waals surface area contributed by atoms with Gasteiger partial charge in [0.1, 0.15) is 0 Å². The number of aliphatic carboxylic acids is 2. The molecule has 1 aromatic heterocycles. The second kappa shape index (κ2) is 6.10. The first-order valence-electron chi connectivity index (χ1n) is 7.21. The number of aromatic nitrogens is 1. The van der Waals surface area contributed by atoms with Crippen LogP contribution in [0.15, 0.2) is 34.1 Å². The Morgan fingerprint density at radius 1 is 1.29 bits per heavy atom. The topological polar surface area (TPSA) is 107 Å². The molecule has 2 atom stereocenters. The molecule has 0 radical (unpaired) electrons. The van der Waals surface area contributed by atoms with Crippen LogP contribution < -0.4 is 4.87 Å². The third kappa shape index (κ3) is 2.76. The molecule has 0 spiro atoms. The van der Waals surface area contributed by atoms with E-state index in [1.807, 2.05) is 31.2 Å². The number of hydrogen-bond donors (Lipinski definition) is 3. The molecule has 1 aliphatic heterocycles. The van der Waals surface area contributed by atoms with E-state index in [2.05, 4.69) is 4.98 Å². The van der Waals surface area contributed by atoms with Crippen molar-refractivity contribution in [2.24, 2.45) is 5.41 Å². The van der Waals surface area contributed by atoms with Gasteiger partial charge < -0.3 is 15.2 Å². The van der Waals surface area contributed by atoms with Crippen molar-refractivity contribution in [3.05, 3.63) is 49.9 Å². The Balaban J connectivity index is 2.24. The molecule has 0 saturated carbocycles. The maximum Gasteiger partial charge on any atom is 0.312 e. The highest BCUT2D eigenvalue weighted by molar-refractivity contribution is 7.99. The molecular weight excluding hydrogens is 350 g/mol. The van der Waals surface area contributed by atoms with Crippen molar-refractivity contribution >= 4 is 35.0 Å².